The van der Waals surface area contributed by atoms with Crippen LogP contribution in [0.4, 0.5) is 13.2 Å². The minimum absolute atomic E-state index is 0.122. The molecular weight excluding hydrogens is 415 g/mol. The van der Waals surface area contributed by atoms with Crippen molar-refractivity contribution in [2.75, 3.05) is 12.8 Å². The van der Waals surface area contributed by atoms with E-state index < -0.39 is 26.9 Å². The molecule has 2 heterocycles. The number of hydrogen-bond donors (Lipinski definition) is 0. The Morgan fingerprint density at radius 1 is 1.21 bits per heavy atom. The molecule has 1 aliphatic rings. The van der Waals surface area contributed by atoms with Gasteiger partial charge in [0.25, 0.3) is 0 Å². The second-order valence-electron chi connectivity index (χ2n) is 6.20. The minimum atomic E-state index is -4.80. The zero-order valence-electron chi connectivity index (χ0n) is 14.6. The van der Waals surface area contributed by atoms with Gasteiger partial charge in [-0.25, -0.2) is 18.4 Å². The van der Waals surface area contributed by atoms with E-state index in [0.717, 1.165) is 17.9 Å². The van der Waals surface area contributed by atoms with Gasteiger partial charge in [-0.2, -0.15) is 13.2 Å². The van der Waals surface area contributed by atoms with Gasteiger partial charge in [0.15, 0.2) is 0 Å². The van der Waals surface area contributed by atoms with Crippen LogP contribution in [0.3, 0.4) is 0 Å². The first-order valence-electron chi connectivity index (χ1n) is 8.06. The molecule has 0 radical (unpaired) electrons. The maximum absolute atomic E-state index is 13.2. The van der Waals surface area contributed by atoms with Gasteiger partial charge in [-0.1, -0.05) is 42.0 Å². The number of hydrogen-bond acceptors (Lipinski definition) is 5. The molecule has 0 saturated carbocycles. The third kappa shape index (κ3) is 4.71. The molecule has 5 nitrogen and oxygen atoms in total. The zero-order valence-corrected chi connectivity index (χ0v) is 16.2. The fraction of sp³-hybridized carbons (Fsp3) is 0.222. The van der Waals surface area contributed by atoms with Gasteiger partial charge in [-0.3, -0.25) is 0 Å². The van der Waals surface area contributed by atoms with E-state index in [9.17, 15) is 21.6 Å². The van der Waals surface area contributed by atoms with E-state index in [0.29, 0.717) is 23.7 Å². The number of rotatable bonds is 4. The highest BCUT2D eigenvalue weighted by Gasteiger charge is 2.35. The van der Waals surface area contributed by atoms with Crippen molar-refractivity contribution in [1.29, 1.82) is 0 Å². The van der Waals surface area contributed by atoms with Crippen LogP contribution in [0.25, 0.3) is 5.57 Å². The van der Waals surface area contributed by atoms with E-state index in [2.05, 4.69) is 9.97 Å². The van der Waals surface area contributed by atoms with E-state index in [1.54, 1.807) is 30.5 Å². The van der Waals surface area contributed by atoms with Crippen LogP contribution in [0.15, 0.2) is 53.8 Å². The molecule has 0 saturated heterocycles. The molecule has 28 heavy (non-hydrogen) atoms. The van der Waals surface area contributed by atoms with Crippen molar-refractivity contribution in [3.05, 3.63) is 70.7 Å². The SMILES string of the molecule is CS(=O)(=O)c1nc(C2=CN(Cc3ccccc3Cl)CC=C2)cc(C(F)(F)F)n1. The van der Waals surface area contributed by atoms with Crippen molar-refractivity contribution >= 4 is 27.0 Å². The molecule has 0 amide bonds. The maximum Gasteiger partial charge on any atom is 0.433 e. The van der Waals surface area contributed by atoms with Crippen molar-refractivity contribution < 1.29 is 21.6 Å². The van der Waals surface area contributed by atoms with Crippen molar-refractivity contribution in [3.8, 4) is 0 Å². The Hall–Kier alpha value is -2.39. The molecule has 0 spiro atoms. The lowest BCUT2D eigenvalue weighted by Crippen LogP contribution is -2.20. The lowest BCUT2D eigenvalue weighted by molar-refractivity contribution is -0.141. The Bertz CT molecular complexity index is 1070. The van der Waals surface area contributed by atoms with Gasteiger partial charge < -0.3 is 4.90 Å². The minimum Gasteiger partial charge on any atom is -0.369 e. The van der Waals surface area contributed by atoms with Gasteiger partial charge in [-0.15, -0.1) is 0 Å². The molecule has 1 aromatic carbocycles. The molecule has 10 heteroatoms. The summed E-state index contributed by atoms with van der Waals surface area (Å²) in [6.45, 7) is 0.953. The molecule has 3 rings (SSSR count). The van der Waals surface area contributed by atoms with Crippen LogP contribution in [0.1, 0.15) is 17.0 Å². The van der Waals surface area contributed by atoms with Crippen LogP contribution in [-0.2, 0) is 22.6 Å². The van der Waals surface area contributed by atoms with Gasteiger partial charge in [0, 0.05) is 36.1 Å². The normalized spacial score (nSPS) is 14.9. The summed E-state index contributed by atoms with van der Waals surface area (Å²) in [5.74, 6) is 0. The van der Waals surface area contributed by atoms with E-state index in [-0.39, 0.29) is 5.69 Å². The predicted molar refractivity (Wildman–Crippen MR) is 99.1 cm³/mol. The second-order valence-corrected chi connectivity index (χ2v) is 8.52. The van der Waals surface area contributed by atoms with Gasteiger partial charge in [0.05, 0.1) is 5.69 Å². The molecule has 0 aliphatic carbocycles. The van der Waals surface area contributed by atoms with Crippen LogP contribution in [0.5, 0.6) is 0 Å². The van der Waals surface area contributed by atoms with Gasteiger partial charge >= 0.3 is 6.18 Å². The molecule has 0 bridgehead atoms. The smallest absolute Gasteiger partial charge is 0.369 e. The molecule has 1 aliphatic heterocycles. The lowest BCUT2D eigenvalue weighted by Gasteiger charge is -2.24. The first kappa shape index (κ1) is 20.3. The average Bonchev–Trinajstić information content (AvgIpc) is 2.62. The summed E-state index contributed by atoms with van der Waals surface area (Å²) < 4.78 is 63.0. The van der Waals surface area contributed by atoms with Crippen molar-refractivity contribution in [3.63, 3.8) is 0 Å². The van der Waals surface area contributed by atoms with Gasteiger partial charge in [-0.05, 0) is 17.7 Å². The molecular formula is C18H15ClF3N3O2S. The highest BCUT2D eigenvalue weighted by atomic mass is 35.5. The Morgan fingerprint density at radius 3 is 2.57 bits per heavy atom. The standard InChI is InChI=1S/C18H15ClF3N3O2S/c1-28(26,27)17-23-15(9-16(24-17)18(20,21)22)13-6-4-8-25(11-13)10-12-5-2-3-7-14(12)19/h2-7,9,11H,8,10H2,1H3. The summed E-state index contributed by atoms with van der Waals surface area (Å²) in [5.41, 5.74) is -0.236. The largest absolute Gasteiger partial charge is 0.433 e. The van der Waals surface area contributed by atoms with Crippen molar-refractivity contribution in [2.24, 2.45) is 0 Å². The van der Waals surface area contributed by atoms with E-state index in [1.165, 1.54) is 0 Å². The zero-order chi connectivity index (χ0) is 20.5. The quantitative estimate of drug-likeness (QED) is 0.688. The molecule has 0 N–H and O–H groups in total. The van der Waals surface area contributed by atoms with E-state index >= 15 is 0 Å². The summed E-state index contributed by atoms with van der Waals surface area (Å²) in [6, 6.07) is 7.98. The Kier molecular flexibility index (Phi) is 5.49. The fourth-order valence-corrected chi connectivity index (χ4v) is 3.32. The molecule has 0 atom stereocenters. The van der Waals surface area contributed by atoms with E-state index in [1.807, 2.05) is 17.0 Å². The number of aromatic nitrogens is 2. The molecule has 148 valence electrons. The fourth-order valence-electron chi connectivity index (χ4n) is 2.60. The summed E-state index contributed by atoms with van der Waals surface area (Å²) in [5, 5.41) is -0.289. The van der Waals surface area contributed by atoms with Crippen LogP contribution < -0.4 is 0 Å². The number of sulfone groups is 1. The Balaban J connectivity index is 2.00. The number of alkyl halides is 3. The van der Waals surface area contributed by atoms with Crippen LogP contribution >= 0.6 is 11.6 Å². The topological polar surface area (TPSA) is 63.2 Å². The Morgan fingerprint density at radius 2 is 1.93 bits per heavy atom. The molecule has 0 fully saturated rings. The third-order valence-electron chi connectivity index (χ3n) is 3.91. The summed E-state index contributed by atoms with van der Waals surface area (Å²) >= 11 is 6.16. The lowest BCUT2D eigenvalue weighted by atomic mass is 10.1. The number of benzene rings is 1. The highest BCUT2D eigenvalue weighted by Crippen LogP contribution is 2.31. The van der Waals surface area contributed by atoms with Crippen LogP contribution in [-0.4, -0.2) is 36.1 Å². The number of halogens is 4. The number of allylic oxidation sites excluding steroid dienone is 2. The third-order valence-corrected chi connectivity index (χ3v) is 5.13. The molecule has 1 aromatic heterocycles. The van der Waals surface area contributed by atoms with Gasteiger partial charge in [0.1, 0.15) is 5.69 Å². The van der Waals surface area contributed by atoms with Crippen LogP contribution in [0, 0.1) is 0 Å². The first-order chi connectivity index (χ1) is 13.0. The highest BCUT2D eigenvalue weighted by molar-refractivity contribution is 7.90. The number of nitrogens with zero attached hydrogens (tertiary/aromatic N) is 3. The van der Waals surface area contributed by atoms with Crippen molar-refractivity contribution in [2.45, 2.75) is 17.9 Å². The average molecular weight is 430 g/mol. The summed E-state index contributed by atoms with van der Waals surface area (Å²) in [7, 11) is -4.02. The monoisotopic (exact) mass is 429 g/mol. The van der Waals surface area contributed by atoms with Crippen LogP contribution in [0.2, 0.25) is 5.02 Å². The van der Waals surface area contributed by atoms with Gasteiger partial charge in [0.2, 0.25) is 15.0 Å². The summed E-state index contributed by atoms with van der Waals surface area (Å²) in [4.78, 5) is 8.83. The first-order valence-corrected chi connectivity index (χ1v) is 10.3. The van der Waals surface area contributed by atoms with Crippen molar-refractivity contribution in [1.82, 2.24) is 14.9 Å². The molecule has 0 unspecified atom stereocenters. The predicted octanol–water partition coefficient (Wildman–Crippen LogP) is 3.97. The van der Waals surface area contributed by atoms with E-state index in [4.69, 9.17) is 11.6 Å². The maximum atomic E-state index is 13.2. The second kappa shape index (κ2) is 7.56. The Labute approximate surface area is 165 Å². The summed E-state index contributed by atoms with van der Waals surface area (Å²) in [6.07, 6.45) is 0.936. The molecule has 2 aromatic rings.